The molecule has 1 aromatic heterocycles. The van der Waals surface area contributed by atoms with Crippen LogP contribution in [0.5, 0.6) is 11.5 Å². The highest BCUT2D eigenvalue weighted by molar-refractivity contribution is 6.09. The minimum Gasteiger partial charge on any atom is -0.457 e. The van der Waals surface area contributed by atoms with Gasteiger partial charge in [0.2, 0.25) is 0 Å². The number of nitrogens with zero attached hydrogens (tertiary/aromatic N) is 2. The Morgan fingerprint density at radius 2 is 0.766 bits per heavy atom. The van der Waals surface area contributed by atoms with Gasteiger partial charge in [-0.05, 0) is 147 Å². The van der Waals surface area contributed by atoms with Gasteiger partial charge in [-0.1, -0.05) is 194 Å². The fraction of sp³-hybridized carbons (Fsp3) is 0.0137. The number of fused-ring (bicyclic) bond motifs is 12. The first kappa shape index (κ1) is 39.3. The van der Waals surface area contributed by atoms with Crippen molar-refractivity contribution >= 4 is 56.1 Å². The molecule has 0 unspecified atom stereocenters. The molecule has 0 atom stereocenters. The highest BCUT2D eigenvalue weighted by Crippen LogP contribution is 2.62. The van der Waals surface area contributed by atoms with Gasteiger partial charge in [0.05, 0.1) is 12.3 Å². The van der Waals surface area contributed by atoms with E-state index in [1.54, 1.807) is 4.90 Å². The van der Waals surface area contributed by atoms with Crippen LogP contribution in [0.1, 0.15) is 29.1 Å². The van der Waals surface area contributed by atoms with Crippen LogP contribution in [0.3, 0.4) is 0 Å². The van der Waals surface area contributed by atoms with Crippen LogP contribution < -0.4 is 14.5 Å². The number of hydrogen-bond acceptors (Lipinski definition) is 4. The quantitative estimate of drug-likeness (QED) is 0.144. The predicted octanol–water partition coefficient (Wildman–Crippen LogP) is 20.0. The monoisotopic (exact) mass is 989 g/mol. The first-order valence-corrected chi connectivity index (χ1v) is 25.9. The van der Waals surface area contributed by atoms with Gasteiger partial charge in [0.25, 0.3) is 0 Å². The van der Waals surface area contributed by atoms with Gasteiger partial charge in [0, 0.05) is 61.6 Å². The van der Waals surface area contributed by atoms with E-state index >= 15 is 0 Å². The Labute approximate surface area is 454 Å². The molecule has 1 spiro atoms. The van der Waals surface area contributed by atoms with E-state index in [0.717, 1.165) is 95.0 Å². The van der Waals surface area contributed by atoms with E-state index < -0.39 is 23.5 Å². The van der Waals surface area contributed by atoms with Crippen LogP contribution >= 0.6 is 0 Å². The molecule has 4 heteroatoms. The number of para-hydroxylation sites is 4. The van der Waals surface area contributed by atoms with Crippen molar-refractivity contribution in [1.82, 2.24) is 0 Å². The summed E-state index contributed by atoms with van der Waals surface area (Å²) in [6.07, 6.45) is 0. The zero-order valence-corrected chi connectivity index (χ0v) is 41.5. The van der Waals surface area contributed by atoms with Crippen molar-refractivity contribution < 1.29 is 16.0 Å². The number of anilines is 6. The molecule has 4 nitrogen and oxygen atoms in total. The van der Waals surface area contributed by atoms with E-state index in [0.29, 0.717) is 11.4 Å². The average Bonchev–Trinajstić information content (AvgIpc) is 4.04. The largest absolute Gasteiger partial charge is 0.457 e. The molecule has 13 aromatic rings. The second-order valence-electron chi connectivity index (χ2n) is 19.6. The molecule has 1 aliphatic carbocycles. The van der Waals surface area contributed by atoms with Crippen LogP contribution in [-0.2, 0) is 5.41 Å². The van der Waals surface area contributed by atoms with E-state index in [1.165, 1.54) is 22.3 Å². The Kier molecular flexibility index (Phi) is 9.22. The van der Waals surface area contributed by atoms with Crippen molar-refractivity contribution in [3.63, 3.8) is 0 Å². The Bertz CT molecular complexity index is 4580. The van der Waals surface area contributed by atoms with Gasteiger partial charge in [0.15, 0.2) is 0 Å². The Morgan fingerprint density at radius 3 is 1.42 bits per heavy atom. The molecule has 0 N–H and O–H groups in total. The van der Waals surface area contributed by atoms with Gasteiger partial charge in [0.1, 0.15) is 22.7 Å². The predicted molar refractivity (Wildman–Crippen MR) is 317 cm³/mol. The molecule has 0 saturated carbocycles. The van der Waals surface area contributed by atoms with Gasteiger partial charge in [-0.15, -0.1) is 0 Å². The lowest BCUT2D eigenvalue weighted by Crippen LogP contribution is -2.32. The summed E-state index contributed by atoms with van der Waals surface area (Å²) >= 11 is 0. The summed E-state index contributed by atoms with van der Waals surface area (Å²) in [6, 6.07) is 88.1. The second-order valence-corrected chi connectivity index (χ2v) is 19.6. The number of hydrogen-bond donors (Lipinski definition) is 0. The van der Waals surface area contributed by atoms with Gasteiger partial charge < -0.3 is 19.0 Å². The smallest absolute Gasteiger partial charge is 0.143 e. The zero-order chi connectivity index (χ0) is 55.2. The molecule has 0 amide bonds. The third-order valence-corrected chi connectivity index (χ3v) is 15.5. The summed E-state index contributed by atoms with van der Waals surface area (Å²) in [4.78, 5) is 3.96. The summed E-state index contributed by atoms with van der Waals surface area (Å²) < 4.78 is 57.4. The van der Waals surface area contributed by atoms with Crippen molar-refractivity contribution in [3.05, 3.63) is 313 Å². The Hall–Kier alpha value is -10.2. The molecule has 2 heterocycles. The van der Waals surface area contributed by atoms with Crippen LogP contribution in [0, 0.1) is 0 Å². The van der Waals surface area contributed by atoms with Crippen molar-refractivity contribution in [2.75, 3.05) is 9.80 Å². The topological polar surface area (TPSA) is 28.9 Å². The van der Waals surface area contributed by atoms with Gasteiger partial charge in [-0.2, -0.15) is 0 Å². The van der Waals surface area contributed by atoms with Crippen LogP contribution in [0.15, 0.2) is 295 Å². The molecular weight excluding hydrogens is 937 g/mol. The molecule has 1 aliphatic heterocycles. The normalized spacial score (nSPS) is 13.5. The van der Waals surface area contributed by atoms with E-state index in [1.807, 2.05) is 103 Å². The summed E-state index contributed by atoms with van der Waals surface area (Å²) in [5.41, 5.74) is 18.3. The minimum atomic E-state index is -0.595. The Balaban J connectivity index is 0.848. The fourth-order valence-corrected chi connectivity index (χ4v) is 12.0. The van der Waals surface area contributed by atoms with E-state index in [2.05, 4.69) is 163 Å². The number of benzene rings is 12. The standard InChI is InChI=1S/C73H48N2O2/c1-3-16-49(17-4-1)50-30-37-55(38-31-50)74(54-18-5-2-6-19-54)58-43-45-59(46-44-58)75(57-41-34-52(35-42-57)60-23-15-24-64-63-22-9-13-28-69(63)77-72(60)64)56-39-32-51(33-40-56)53-36-47-71-68(48-53)73(67-27-12-14-29-70(67)76-71)65-25-10-7-20-61(65)62-21-8-11-26-66(62)73/h1-48H/i2D,5D,6D,18D,19D. The molecule has 0 saturated heterocycles. The molecule has 15 rings (SSSR count). The molecule has 0 fully saturated rings. The third kappa shape index (κ3) is 7.22. The highest BCUT2D eigenvalue weighted by Gasteiger charge is 2.51. The summed E-state index contributed by atoms with van der Waals surface area (Å²) in [5.74, 6) is 1.68. The highest BCUT2D eigenvalue weighted by atomic mass is 16.5. The van der Waals surface area contributed by atoms with E-state index in [-0.39, 0.29) is 17.8 Å². The SMILES string of the molecule is [2H]c1c([2H])c([2H])c(N(c2ccc(-c3ccccc3)cc2)c2ccc(N(c3ccc(-c4ccc5c(c4)C4(c6ccccc6O5)c5ccccc5-c5ccccc54)cc3)c3ccc(-c4cccc5c4oc4ccccc45)cc3)cc2)c([2H])c1[2H]. The first-order chi connectivity index (χ1) is 40.2. The van der Waals surface area contributed by atoms with Crippen LogP contribution in [-0.4, -0.2) is 0 Å². The second kappa shape index (κ2) is 18.0. The van der Waals surface area contributed by atoms with Gasteiger partial charge in [-0.25, -0.2) is 0 Å². The maximum atomic E-state index is 9.15. The van der Waals surface area contributed by atoms with Crippen LogP contribution in [0.25, 0.3) is 66.4 Å². The minimum absolute atomic E-state index is 0.0546. The molecule has 2 aliphatic rings. The summed E-state index contributed by atoms with van der Waals surface area (Å²) in [6.45, 7) is 0. The summed E-state index contributed by atoms with van der Waals surface area (Å²) in [7, 11) is 0. The van der Waals surface area contributed by atoms with Crippen LogP contribution in [0.4, 0.5) is 34.1 Å². The number of furan rings is 1. The average molecular weight is 990 g/mol. The molecule has 77 heavy (non-hydrogen) atoms. The van der Waals surface area contributed by atoms with E-state index in [4.69, 9.17) is 16.0 Å². The first-order valence-electron chi connectivity index (χ1n) is 28.4. The molecule has 0 bridgehead atoms. The molecular formula is C73H48N2O2. The maximum Gasteiger partial charge on any atom is 0.143 e. The third-order valence-electron chi connectivity index (χ3n) is 15.5. The lowest BCUT2D eigenvalue weighted by Gasteiger charge is -2.39. The van der Waals surface area contributed by atoms with E-state index in [9.17, 15) is 0 Å². The lowest BCUT2D eigenvalue weighted by molar-refractivity contribution is 0.436. The summed E-state index contributed by atoms with van der Waals surface area (Å²) in [5, 5.41) is 2.14. The Morgan fingerprint density at radius 1 is 0.312 bits per heavy atom. The molecule has 12 aromatic carbocycles. The van der Waals surface area contributed by atoms with Gasteiger partial charge in [-0.3, -0.25) is 0 Å². The molecule has 0 radical (unpaired) electrons. The fourth-order valence-electron chi connectivity index (χ4n) is 12.0. The van der Waals surface area contributed by atoms with Crippen LogP contribution in [0.2, 0.25) is 0 Å². The van der Waals surface area contributed by atoms with Crippen molar-refractivity contribution in [3.8, 4) is 56.0 Å². The van der Waals surface area contributed by atoms with Crippen molar-refractivity contribution in [1.29, 1.82) is 0 Å². The van der Waals surface area contributed by atoms with Crippen molar-refractivity contribution in [2.24, 2.45) is 0 Å². The van der Waals surface area contributed by atoms with Crippen molar-refractivity contribution in [2.45, 2.75) is 5.41 Å². The lowest BCUT2D eigenvalue weighted by atomic mass is 9.66. The number of rotatable bonds is 9. The number of ether oxygens (including phenoxy) is 1. The zero-order valence-electron chi connectivity index (χ0n) is 46.5. The molecule has 362 valence electrons. The van der Waals surface area contributed by atoms with Gasteiger partial charge >= 0.3 is 0 Å². The maximum absolute atomic E-state index is 9.15.